The fourth-order valence-corrected chi connectivity index (χ4v) is 7.19. The number of nitrogens with zero attached hydrogens (tertiary/aromatic N) is 3. The van der Waals surface area contributed by atoms with Crippen molar-refractivity contribution < 1.29 is 31.6 Å². The van der Waals surface area contributed by atoms with E-state index in [1.807, 2.05) is 0 Å². The minimum Gasteiger partial charge on any atom is -0.390 e. The molecular formula is C26H34F2N4O5S. The zero-order valence-electron chi connectivity index (χ0n) is 21.8. The predicted molar refractivity (Wildman–Crippen MR) is 134 cm³/mol. The summed E-state index contributed by atoms with van der Waals surface area (Å²) in [5.74, 6) is -4.01. The van der Waals surface area contributed by atoms with E-state index >= 15 is 0 Å². The van der Waals surface area contributed by atoms with Crippen LogP contribution in [0.25, 0.3) is 0 Å². The first-order valence-electron chi connectivity index (χ1n) is 13.0. The number of aliphatic hydroxyl groups is 1. The third-order valence-electron chi connectivity index (χ3n) is 8.87. The highest BCUT2D eigenvalue weighted by atomic mass is 32.2. The summed E-state index contributed by atoms with van der Waals surface area (Å²) in [6.45, 7) is 2.85. The Bertz CT molecular complexity index is 1300. The second kappa shape index (κ2) is 9.06. The molecule has 1 aromatic carbocycles. The molecule has 4 aliphatic rings. The molecule has 1 heterocycles. The second-order valence-corrected chi connectivity index (χ2v) is 13.7. The molecule has 0 spiro atoms. The minimum atomic E-state index is -3.71. The first-order valence-corrected chi connectivity index (χ1v) is 14.5. The quantitative estimate of drug-likeness (QED) is 0.509. The number of fused-ring (bicyclic) bond motifs is 3. The Morgan fingerprint density at radius 1 is 1.21 bits per heavy atom. The van der Waals surface area contributed by atoms with Crippen LogP contribution in [-0.2, 0) is 26.2 Å². The Labute approximate surface area is 221 Å². The van der Waals surface area contributed by atoms with Gasteiger partial charge < -0.3 is 14.5 Å². The van der Waals surface area contributed by atoms with Gasteiger partial charge in [0.25, 0.3) is 5.89 Å². The highest BCUT2D eigenvalue weighted by molar-refractivity contribution is 7.89. The molecule has 4 fully saturated rings. The van der Waals surface area contributed by atoms with Crippen molar-refractivity contribution in [2.45, 2.75) is 87.0 Å². The Morgan fingerprint density at radius 2 is 1.84 bits per heavy atom. The van der Waals surface area contributed by atoms with Gasteiger partial charge in [-0.3, -0.25) is 4.79 Å². The molecule has 9 nitrogen and oxygen atoms in total. The average Bonchev–Trinajstić information content (AvgIpc) is 3.39. The number of hydrogen-bond donors (Lipinski definition) is 2. The van der Waals surface area contributed by atoms with Gasteiger partial charge in [-0.1, -0.05) is 11.2 Å². The number of alkyl halides is 2. The number of carbonyl (C=O) groups is 1. The van der Waals surface area contributed by atoms with Crippen molar-refractivity contribution >= 4 is 21.6 Å². The molecule has 6 rings (SSSR count). The number of nitrogens with one attached hydrogen (secondary N) is 1. The van der Waals surface area contributed by atoms with Crippen LogP contribution in [0.2, 0.25) is 0 Å². The molecule has 0 atom stereocenters. The summed E-state index contributed by atoms with van der Waals surface area (Å²) in [6.07, 6.45) is 5.03. The lowest BCUT2D eigenvalue weighted by Crippen LogP contribution is -2.54. The van der Waals surface area contributed by atoms with Crippen LogP contribution >= 0.6 is 0 Å². The van der Waals surface area contributed by atoms with E-state index < -0.39 is 32.9 Å². The monoisotopic (exact) mass is 552 g/mol. The Hall–Kier alpha value is -2.44. The summed E-state index contributed by atoms with van der Waals surface area (Å²) >= 11 is 0. The molecule has 2 N–H and O–H groups in total. The van der Waals surface area contributed by atoms with Gasteiger partial charge in [-0.05, 0) is 89.0 Å². The van der Waals surface area contributed by atoms with Crippen molar-refractivity contribution in [1.82, 2.24) is 14.9 Å². The Kier molecular flexibility index (Phi) is 6.47. The highest BCUT2D eigenvalue weighted by Gasteiger charge is 2.54. The van der Waals surface area contributed by atoms with Crippen molar-refractivity contribution in [2.75, 3.05) is 18.5 Å². The molecule has 38 heavy (non-hydrogen) atoms. The fraction of sp³-hybridized carbons (Fsp3) is 0.654. The van der Waals surface area contributed by atoms with Crippen molar-refractivity contribution in [1.29, 1.82) is 0 Å². The summed E-state index contributed by atoms with van der Waals surface area (Å²) in [5, 5.41) is 14.2. The molecule has 4 saturated carbocycles. The number of rotatable bonds is 8. The van der Waals surface area contributed by atoms with Gasteiger partial charge in [0.15, 0.2) is 5.82 Å². The second-order valence-electron chi connectivity index (χ2n) is 11.8. The summed E-state index contributed by atoms with van der Waals surface area (Å²) in [5.41, 5.74) is -1.00. The van der Waals surface area contributed by atoms with Gasteiger partial charge in [0.05, 0.1) is 10.5 Å². The average molecular weight is 553 g/mol. The molecular weight excluding hydrogens is 518 g/mol. The summed E-state index contributed by atoms with van der Waals surface area (Å²) in [4.78, 5) is 19.5. The van der Waals surface area contributed by atoms with Crippen LogP contribution in [0.1, 0.15) is 76.9 Å². The van der Waals surface area contributed by atoms with Gasteiger partial charge in [0.2, 0.25) is 15.9 Å². The van der Waals surface area contributed by atoms with E-state index in [1.54, 1.807) is 24.0 Å². The molecule has 2 aromatic rings. The molecule has 12 heteroatoms. The van der Waals surface area contributed by atoms with Crippen LogP contribution in [0.15, 0.2) is 33.7 Å². The first kappa shape index (κ1) is 27.1. The number of aromatic nitrogens is 2. The van der Waals surface area contributed by atoms with E-state index in [-0.39, 0.29) is 22.1 Å². The SMILES string of the molecule is CNS(=O)(=O)c1cccc(N(CC23CCC(c4noc(C(C)(F)F)n4)(CC2)CC3)C(=O)C2CC(C)(O)C2)c1. The van der Waals surface area contributed by atoms with Crippen LogP contribution in [0.4, 0.5) is 14.5 Å². The summed E-state index contributed by atoms with van der Waals surface area (Å²) in [6, 6.07) is 6.36. The number of hydrogen-bond acceptors (Lipinski definition) is 7. The molecule has 1 aromatic heterocycles. The smallest absolute Gasteiger partial charge is 0.322 e. The van der Waals surface area contributed by atoms with Gasteiger partial charge in [-0.2, -0.15) is 13.8 Å². The number of benzene rings is 1. The van der Waals surface area contributed by atoms with Gasteiger partial charge in [-0.15, -0.1) is 0 Å². The third kappa shape index (κ3) is 4.86. The van der Waals surface area contributed by atoms with Crippen molar-refractivity contribution in [3.8, 4) is 0 Å². The maximum absolute atomic E-state index is 13.7. The number of halogens is 2. The van der Waals surface area contributed by atoms with E-state index in [0.717, 1.165) is 26.2 Å². The van der Waals surface area contributed by atoms with E-state index in [4.69, 9.17) is 4.52 Å². The number of sulfonamides is 1. The summed E-state index contributed by atoms with van der Waals surface area (Å²) in [7, 11) is -2.37. The lowest BCUT2D eigenvalue weighted by molar-refractivity contribution is -0.137. The predicted octanol–water partition coefficient (Wildman–Crippen LogP) is 3.88. The van der Waals surface area contributed by atoms with Crippen LogP contribution in [0, 0.1) is 11.3 Å². The first-order chi connectivity index (χ1) is 17.7. The lowest BCUT2D eigenvalue weighted by Gasteiger charge is -2.54. The number of amides is 1. The molecule has 4 aliphatic carbocycles. The molecule has 0 saturated heterocycles. The van der Waals surface area contributed by atoms with Gasteiger partial charge in [0, 0.05) is 30.5 Å². The van der Waals surface area contributed by atoms with Gasteiger partial charge in [-0.25, -0.2) is 13.1 Å². The standard InChI is InChI=1S/C26H34F2N4O5S/c1-23(34)14-17(15-23)20(33)32(18-5-4-6-19(13-18)38(35,36)29-3)16-25-7-10-26(11-8-25,12-9-25)21-30-22(37-31-21)24(2,27)28/h4-6,13,17,29,34H,7-12,14-16H2,1-3H3. The minimum absolute atomic E-state index is 0.0698. The van der Waals surface area contributed by atoms with Crippen LogP contribution in [0.3, 0.4) is 0 Å². The maximum Gasteiger partial charge on any atom is 0.322 e. The van der Waals surface area contributed by atoms with Crippen LogP contribution in [-0.4, -0.2) is 48.8 Å². The van der Waals surface area contributed by atoms with Gasteiger partial charge in [0.1, 0.15) is 0 Å². The molecule has 208 valence electrons. The maximum atomic E-state index is 13.7. The van der Waals surface area contributed by atoms with Crippen LogP contribution in [0.5, 0.6) is 0 Å². The lowest BCUT2D eigenvalue weighted by atomic mass is 9.53. The highest BCUT2D eigenvalue weighted by Crippen LogP contribution is 2.58. The summed E-state index contributed by atoms with van der Waals surface area (Å²) < 4.78 is 59.5. The van der Waals surface area contributed by atoms with E-state index in [0.29, 0.717) is 50.2 Å². The number of carbonyl (C=O) groups excluding carboxylic acids is 1. The molecule has 0 radical (unpaired) electrons. The van der Waals surface area contributed by atoms with E-state index in [9.17, 15) is 27.1 Å². The largest absolute Gasteiger partial charge is 0.390 e. The van der Waals surface area contributed by atoms with Crippen molar-refractivity contribution in [2.24, 2.45) is 11.3 Å². The normalized spacial score (nSPS) is 31.2. The van der Waals surface area contributed by atoms with Crippen molar-refractivity contribution in [3.63, 3.8) is 0 Å². The van der Waals surface area contributed by atoms with E-state index in [1.165, 1.54) is 19.2 Å². The Balaban J connectivity index is 1.40. The molecule has 0 aliphatic heterocycles. The molecule has 0 unspecified atom stereocenters. The Morgan fingerprint density at radius 3 is 2.37 bits per heavy atom. The number of anilines is 1. The van der Waals surface area contributed by atoms with E-state index in [2.05, 4.69) is 14.9 Å². The topological polar surface area (TPSA) is 126 Å². The zero-order chi connectivity index (χ0) is 27.6. The van der Waals surface area contributed by atoms with Crippen molar-refractivity contribution in [3.05, 3.63) is 36.0 Å². The fourth-order valence-electron chi connectivity index (χ4n) is 6.42. The third-order valence-corrected chi connectivity index (χ3v) is 10.3. The van der Waals surface area contributed by atoms with Gasteiger partial charge >= 0.3 is 5.92 Å². The molecule has 1 amide bonds. The zero-order valence-corrected chi connectivity index (χ0v) is 22.7. The van der Waals surface area contributed by atoms with Crippen LogP contribution < -0.4 is 9.62 Å². The molecule has 2 bridgehead atoms.